The van der Waals surface area contributed by atoms with Crippen LogP contribution >= 0.6 is 0 Å². The van der Waals surface area contributed by atoms with Gasteiger partial charge in [-0.25, -0.2) is 4.79 Å². The van der Waals surface area contributed by atoms with E-state index >= 15 is 0 Å². The average Bonchev–Trinajstić information content (AvgIpc) is 2.20. The topological polar surface area (TPSA) is 65.0 Å². The number of rotatable bonds is 2. The molecule has 1 heterocycles. The van der Waals surface area contributed by atoms with Crippen LogP contribution in [0.15, 0.2) is 0 Å². The second kappa shape index (κ2) is 4.25. The fourth-order valence-electron chi connectivity index (χ4n) is 1.61. The van der Waals surface area contributed by atoms with E-state index in [4.69, 9.17) is 9.47 Å². The Morgan fingerprint density at radius 3 is 2.64 bits per heavy atom. The molecule has 14 heavy (non-hydrogen) atoms. The van der Waals surface area contributed by atoms with Crippen molar-refractivity contribution in [1.29, 1.82) is 0 Å². The van der Waals surface area contributed by atoms with E-state index in [1.807, 2.05) is 6.92 Å². The maximum atomic E-state index is 11.4. The summed E-state index contributed by atoms with van der Waals surface area (Å²) in [6.45, 7) is 1.82. The Hall–Kier alpha value is -0.650. The highest BCUT2D eigenvalue weighted by molar-refractivity contribution is 5.78. The van der Waals surface area contributed by atoms with Crippen LogP contribution in [0.25, 0.3) is 0 Å². The standard InChI is InChI=1S/C9H16O5/c1-6-4-5-7(10)9(13-3,14-6)8(11)12-2/h6-7,10H,4-5H2,1-3H3/t6-,7-,9+/m0/s1. The summed E-state index contributed by atoms with van der Waals surface area (Å²) < 4.78 is 14.9. The van der Waals surface area contributed by atoms with Gasteiger partial charge in [0.2, 0.25) is 0 Å². The molecule has 0 saturated carbocycles. The van der Waals surface area contributed by atoms with Crippen LogP contribution in [-0.2, 0) is 19.0 Å². The molecule has 0 aromatic carbocycles. The molecule has 5 nitrogen and oxygen atoms in total. The van der Waals surface area contributed by atoms with Crippen molar-refractivity contribution in [2.24, 2.45) is 0 Å². The van der Waals surface area contributed by atoms with Gasteiger partial charge < -0.3 is 19.3 Å². The lowest BCUT2D eigenvalue weighted by molar-refractivity contribution is -0.301. The number of carbonyl (C=O) groups is 1. The van der Waals surface area contributed by atoms with E-state index in [0.29, 0.717) is 12.8 Å². The van der Waals surface area contributed by atoms with Gasteiger partial charge in [-0.15, -0.1) is 0 Å². The van der Waals surface area contributed by atoms with E-state index in [1.54, 1.807) is 0 Å². The molecule has 0 radical (unpaired) electrons. The minimum Gasteiger partial charge on any atom is -0.465 e. The second-order valence-electron chi connectivity index (χ2n) is 3.38. The third-order valence-electron chi connectivity index (χ3n) is 2.43. The molecule has 0 aliphatic carbocycles. The lowest BCUT2D eigenvalue weighted by atomic mass is 9.98. The fourth-order valence-corrected chi connectivity index (χ4v) is 1.61. The first kappa shape index (κ1) is 11.4. The lowest BCUT2D eigenvalue weighted by Crippen LogP contribution is -2.58. The van der Waals surface area contributed by atoms with Gasteiger partial charge in [0.1, 0.15) is 6.10 Å². The minimum absolute atomic E-state index is 0.127. The van der Waals surface area contributed by atoms with E-state index in [9.17, 15) is 9.90 Å². The summed E-state index contributed by atoms with van der Waals surface area (Å²) in [5.41, 5.74) is 0. The van der Waals surface area contributed by atoms with E-state index in [-0.39, 0.29) is 6.10 Å². The van der Waals surface area contributed by atoms with Crippen molar-refractivity contribution in [1.82, 2.24) is 0 Å². The van der Waals surface area contributed by atoms with Gasteiger partial charge in [-0.05, 0) is 19.8 Å². The molecule has 0 amide bonds. The summed E-state index contributed by atoms with van der Waals surface area (Å²) in [4.78, 5) is 11.4. The van der Waals surface area contributed by atoms with Gasteiger partial charge in [-0.3, -0.25) is 0 Å². The van der Waals surface area contributed by atoms with Crippen molar-refractivity contribution in [3.05, 3.63) is 0 Å². The number of hydrogen-bond acceptors (Lipinski definition) is 5. The highest BCUT2D eigenvalue weighted by Crippen LogP contribution is 2.30. The first-order valence-electron chi connectivity index (χ1n) is 4.56. The van der Waals surface area contributed by atoms with E-state index < -0.39 is 17.9 Å². The van der Waals surface area contributed by atoms with Crippen LogP contribution in [-0.4, -0.2) is 43.3 Å². The number of carbonyl (C=O) groups excluding carboxylic acids is 1. The first-order valence-corrected chi connectivity index (χ1v) is 4.56. The van der Waals surface area contributed by atoms with Crippen molar-refractivity contribution >= 4 is 5.97 Å². The Labute approximate surface area is 82.9 Å². The first-order chi connectivity index (χ1) is 6.56. The highest BCUT2D eigenvalue weighted by Gasteiger charge is 2.52. The Kier molecular flexibility index (Phi) is 3.47. The molecule has 1 rings (SSSR count). The van der Waals surface area contributed by atoms with Gasteiger partial charge in [-0.2, -0.15) is 0 Å². The van der Waals surface area contributed by atoms with Crippen LogP contribution in [0.2, 0.25) is 0 Å². The van der Waals surface area contributed by atoms with E-state index in [0.717, 1.165) is 0 Å². The highest BCUT2D eigenvalue weighted by atomic mass is 16.7. The molecular weight excluding hydrogens is 188 g/mol. The Morgan fingerprint density at radius 2 is 2.14 bits per heavy atom. The molecule has 3 atom stereocenters. The Morgan fingerprint density at radius 1 is 1.50 bits per heavy atom. The number of aliphatic hydroxyl groups excluding tert-OH is 1. The molecule has 1 saturated heterocycles. The molecule has 1 fully saturated rings. The molecule has 1 aliphatic rings. The van der Waals surface area contributed by atoms with Crippen LogP contribution in [0.5, 0.6) is 0 Å². The summed E-state index contributed by atoms with van der Waals surface area (Å²) in [7, 11) is 2.55. The van der Waals surface area contributed by atoms with Crippen molar-refractivity contribution in [2.45, 2.75) is 37.8 Å². The number of aliphatic hydroxyl groups is 1. The zero-order valence-electron chi connectivity index (χ0n) is 8.65. The molecule has 0 aromatic heterocycles. The van der Waals surface area contributed by atoms with Gasteiger partial charge in [0, 0.05) is 7.11 Å². The predicted octanol–water partition coefficient (Wildman–Crippen LogP) is 0.0619. The predicted molar refractivity (Wildman–Crippen MR) is 47.5 cm³/mol. The van der Waals surface area contributed by atoms with Crippen LogP contribution in [0.1, 0.15) is 19.8 Å². The monoisotopic (exact) mass is 204 g/mol. The van der Waals surface area contributed by atoms with Gasteiger partial charge in [0.15, 0.2) is 0 Å². The normalized spacial score (nSPS) is 38.0. The summed E-state index contributed by atoms with van der Waals surface area (Å²) >= 11 is 0. The summed E-state index contributed by atoms with van der Waals surface area (Å²) in [6.07, 6.45) is 0.0569. The quantitative estimate of drug-likeness (QED) is 0.644. The number of esters is 1. The number of ether oxygens (including phenoxy) is 3. The van der Waals surface area contributed by atoms with Crippen molar-refractivity contribution < 1.29 is 24.1 Å². The van der Waals surface area contributed by atoms with Crippen LogP contribution in [0, 0.1) is 0 Å². The largest absolute Gasteiger partial charge is 0.465 e. The third kappa shape index (κ3) is 1.75. The number of methoxy groups -OCH3 is 2. The molecule has 1 N–H and O–H groups in total. The zero-order chi connectivity index (χ0) is 10.8. The second-order valence-corrected chi connectivity index (χ2v) is 3.38. The van der Waals surface area contributed by atoms with Crippen LogP contribution in [0.3, 0.4) is 0 Å². The molecule has 0 bridgehead atoms. The minimum atomic E-state index is -1.65. The van der Waals surface area contributed by atoms with Gasteiger partial charge in [-0.1, -0.05) is 0 Å². The molecule has 0 unspecified atom stereocenters. The summed E-state index contributed by atoms with van der Waals surface area (Å²) in [5.74, 6) is -2.34. The van der Waals surface area contributed by atoms with Crippen molar-refractivity contribution in [3.63, 3.8) is 0 Å². The Balaban J connectivity index is 2.88. The molecule has 5 heteroatoms. The van der Waals surface area contributed by atoms with Gasteiger partial charge >= 0.3 is 5.97 Å². The van der Waals surface area contributed by atoms with Gasteiger partial charge in [0.25, 0.3) is 5.79 Å². The molecule has 0 spiro atoms. The molecular formula is C9H16O5. The average molecular weight is 204 g/mol. The fraction of sp³-hybridized carbons (Fsp3) is 0.889. The number of hydrogen-bond donors (Lipinski definition) is 1. The molecule has 82 valence electrons. The van der Waals surface area contributed by atoms with Crippen molar-refractivity contribution in [2.75, 3.05) is 14.2 Å². The molecule has 0 aromatic rings. The lowest BCUT2D eigenvalue weighted by Gasteiger charge is -2.39. The van der Waals surface area contributed by atoms with Gasteiger partial charge in [0.05, 0.1) is 13.2 Å². The van der Waals surface area contributed by atoms with Crippen LogP contribution < -0.4 is 0 Å². The van der Waals surface area contributed by atoms with E-state index in [1.165, 1.54) is 14.2 Å². The smallest absolute Gasteiger partial charge is 0.369 e. The molecule has 1 aliphatic heterocycles. The van der Waals surface area contributed by atoms with Crippen molar-refractivity contribution in [3.8, 4) is 0 Å². The summed E-state index contributed by atoms with van der Waals surface area (Å²) in [5, 5.41) is 9.69. The Bertz CT molecular complexity index is 217. The van der Waals surface area contributed by atoms with E-state index in [2.05, 4.69) is 4.74 Å². The summed E-state index contributed by atoms with van der Waals surface area (Å²) in [6, 6.07) is 0. The zero-order valence-corrected chi connectivity index (χ0v) is 8.65. The van der Waals surface area contributed by atoms with Crippen LogP contribution in [0.4, 0.5) is 0 Å². The maximum absolute atomic E-state index is 11.4. The maximum Gasteiger partial charge on any atom is 0.369 e. The third-order valence-corrected chi connectivity index (χ3v) is 2.43. The SMILES string of the molecule is COC(=O)[C@]1(OC)O[C@@H](C)CC[C@@H]1O.